The lowest BCUT2D eigenvalue weighted by Gasteiger charge is -2.24. The molecule has 1 N–H and O–H groups in total. The number of rotatable bonds is 18. The van der Waals surface area contributed by atoms with Crippen molar-refractivity contribution in [3.05, 3.63) is 38.0 Å². The lowest BCUT2D eigenvalue weighted by molar-refractivity contribution is -0.150. The Kier molecular flexibility index (Phi) is 20.0. The average Bonchev–Trinajstić information content (AvgIpc) is 2.66. The van der Waals surface area contributed by atoms with Crippen molar-refractivity contribution >= 4 is 5.97 Å². The highest BCUT2D eigenvalue weighted by Gasteiger charge is 2.20. The van der Waals surface area contributed by atoms with E-state index in [9.17, 15) is 9.90 Å². The van der Waals surface area contributed by atoms with Gasteiger partial charge in [0.1, 0.15) is 5.60 Å². The summed E-state index contributed by atoms with van der Waals surface area (Å²) < 4.78 is 15.7. The lowest BCUT2D eigenvalue weighted by Crippen LogP contribution is -2.27. The third kappa shape index (κ3) is 26.6. The third-order valence-corrected chi connectivity index (χ3v) is 4.16. The van der Waals surface area contributed by atoms with Gasteiger partial charge in [0.05, 0.1) is 18.8 Å². The minimum absolute atomic E-state index is 0.357. The Morgan fingerprint density at radius 2 is 1.27 bits per heavy atom. The molecule has 0 amide bonds. The maximum absolute atomic E-state index is 11.1. The number of esters is 1. The maximum atomic E-state index is 11.1. The Bertz CT molecular complexity index is 449. The zero-order valence-electron chi connectivity index (χ0n) is 19.9. The summed E-state index contributed by atoms with van der Waals surface area (Å²) in [5.41, 5.74) is -0.921. The number of aliphatic hydroxyl groups is 1. The first-order chi connectivity index (χ1) is 14.1. The van der Waals surface area contributed by atoms with E-state index < -0.39 is 11.2 Å². The molecule has 0 aromatic rings. The van der Waals surface area contributed by atoms with Crippen molar-refractivity contribution in [2.45, 2.75) is 90.3 Å². The Balaban J connectivity index is 0. The molecular weight excluding hydrogens is 380 g/mol. The molecule has 0 saturated heterocycles. The van der Waals surface area contributed by atoms with Crippen LogP contribution in [0.3, 0.4) is 0 Å². The molecule has 0 spiro atoms. The summed E-state index contributed by atoms with van der Waals surface area (Å²) in [5.74, 6) is -0.357. The Hall–Kier alpha value is -1.43. The third-order valence-electron chi connectivity index (χ3n) is 4.16. The minimum atomic E-state index is -0.512. The first kappa shape index (κ1) is 30.8. The second-order valence-electron chi connectivity index (χ2n) is 8.55. The van der Waals surface area contributed by atoms with Crippen molar-refractivity contribution in [1.29, 1.82) is 0 Å². The molecule has 0 rings (SSSR count). The van der Waals surface area contributed by atoms with Crippen molar-refractivity contribution in [2.24, 2.45) is 0 Å². The van der Waals surface area contributed by atoms with Gasteiger partial charge < -0.3 is 19.3 Å². The smallest absolute Gasteiger partial charge is 0.330 e. The van der Waals surface area contributed by atoms with E-state index in [4.69, 9.17) is 14.2 Å². The Labute approximate surface area is 185 Å². The van der Waals surface area contributed by atoms with Crippen LogP contribution in [0.5, 0.6) is 0 Å². The molecule has 0 saturated carbocycles. The Morgan fingerprint density at radius 1 is 0.800 bits per heavy atom. The van der Waals surface area contributed by atoms with Crippen LogP contribution < -0.4 is 0 Å². The monoisotopic (exact) mass is 426 g/mol. The van der Waals surface area contributed by atoms with E-state index in [0.29, 0.717) is 13.2 Å². The van der Waals surface area contributed by atoms with Crippen molar-refractivity contribution in [1.82, 2.24) is 0 Å². The van der Waals surface area contributed by atoms with Crippen LogP contribution in [-0.4, -0.2) is 48.7 Å². The van der Waals surface area contributed by atoms with Gasteiger partial charge in [-0.25, -0.2) is 4.79 Å². The van der Waals surface area contributed by atoms with Gasteiger partial charge in [0.25, 0.3) is 0 Å². The van der Waals surface area contributed by atoms with Crippen molar-refractivity contribution in [3.8, 4) is 0 Å². The molecule has 0 aliphatic rings. The first-order valence-electron chi connectivity index (χ1n) is 11.0. The fourth-order valence-electron chi connectivity index (χ4n) is 2.57. The highest BCUT2D eigenvalue weighted by Crippen LogP contribution is 2.19. The largest absolute Gasteiger partial charge is 0.457 e. The number of ether oxygens (including phenoxy) is 3. The molecule has 0 aromatic heterocycles. The van der Waals surface area contributed by atoms with Crippen molar-refractivity contribution in [2.75, 3.05) is 26.4 Å². The molecule has 0 radical (unpaired) electrons. The Morgan fingerprint density at radius 3 is 1.67 bits per heavy atom. The fraction of sp³-hybridized carbons (Fsp3) is 0.720. The molecule has 176 valence electrons. The molecule has 0 fully saturated rings. The number of hydrogen-bond donors (Lipinski definition) is 1. The standard InChI is InChI=1S/C14H24O3.C11H22O2/c1-5-11-16-12-9-7-8-10-14(3,4)17-13(15)6-2;1-4-9-13-10-7-5-6-8-11(2,3)12/h5-6H,1-2,7-12H2,3-4H3;4,12H,1,5-10H2,2-3H3. The predicted molar refractivity (Wildman–Crippen MR) is 126 cm³/mol. The van der Waals surface area contributed by atoms with Gasteiger partial charge >= 0.3 is 5.97 Å². The van der Waals surface area contributed by atoms with Crippen molar-refractivity contribution < 1.29 is 24.1 Å². The predicted octanol–water partition coefficient (Wildman–Crippen LogP) is 5.78. The summed E-state index contributed by atoms with van der Waals surface area (Å²) in [5, 5.41) is 9.41. The van der Waals surface area contributed by atoms with E-state index >= 15 is 0 Å². The van der Waals surface area contributed by atoms with Crippen LogP contribution in [0.15, 0.2) is 38.0 Å². The molecule has 0 aliphatic heterocycles. The van der Waals surface area contributed by atoms with Crippen LogP contribution in [-0.2, 0) is 19.0 Å². The summed E-state index contributed by atoms with van der Waals surface area (Å²) in [6, 6.07) is 0. The van der Waals surface area contributed by atoms with Gasteiger partial charge in [-0.15, -0.1) is 13.2 Å². The molecule has 0 unspecified atom stereocenters. The molecule has 0 atom stereocenters. The van der Waals surface area contributed by atoms with Gasteiger partial charge in [0.15, 0.2) is 0 Å². The van der Waals surface area contributed by atoms with Gasteiger partial charge in [0, 0.05) is 19.3 Å². The second kappa shape index (κ2) is 19.5. The summed E-state index contributed by atoms with van der Waals surface area (Å²) in [6.45, 7) is 20.9. The molecule has 0 bridgehead atoms. The molecule has 30 heavy (non-hydrogen) atoms. The van der Waals surface area contributed by atoms with Crippen LogP contribution >= 0.6 is 0 Å². The second-order valence-corrected chi connectivity index (χ2v) is 8.55. The van der Waals surface area contributed by atoms with Gasteiger partial charge in [-0.2, -0.15) is 0 Å². The normalized spacial score (nSPS) is 11.2. The van der Waals surface area contributed by atoms with Crippen LogP contribution in [0.2, 0.25) is 0 Å². The van der Waals surface area contributed by atoms with E-state index in [2.05, 4.69) is 19.7 Å². The lowest BCUT2D eigenvalue weighted by atomic mass is 10.0. The van der Waals surface area contributed by atoms with Gasteiger partial charge in [-0.05, 0) is 59.8 Å². The van der Waals surface area contributed by atoms with Crippen LogP contribution in [0.25, 0.3) is 0 Å². The van der Waals surface area contributed by atoms with Gasteiger partial charge in [-0.3, -0.25) is 0 Å². The van der Waals surface area contributed by atoms with Crippen molar-refractivity contribution in [3.63, 3.8) is 0 Å². The number of carbonyl (C=O) groups excluding carboxylic acids is 1. The zero-order chi connectivity index (χ0) is 23.3. The summed E-state index contributed by atoms with van der Waals surface area (Å²) in [7, 11) is 0. The molecule has 0 aliphatic carbocycles. The summed E-state index contributed by atoms with van der Waals surface area (Å²) >= 11 is 0. The zero-order valence-corrected chi connectivity index (χ0v) is 19.9. The van der Waals surface area contributed by atoms with Crippen LogP contribution in [0, 0.1) is 0 Å². The molecular formula is C25H46O5. The van der Waals surface area contributed by atoms with E-state index in [1.807, 2.05) is 27.7 Å². The first-order valence-corrected chi connectivity index (χ1v) is 11.0. The van der Waals surface area contributed by atoms with Crippen LogP contribution in [0.4, 0.5) is 0 Å². The van der Waals surface area contributed by atoms with E-state index in [0.717, 1.165) is 64.6 Å². The molecule has 5 heteroatoms. The topological polar surface area (TPSA) is 65.0 Å². The maximum Gasteiger partial charge on any atom is 0.330 e. The SMILES string of the molecule is C=CCOCCCCCC(C)(C)O.C=CCOCCCCCC(C)(C)OC(=O)C=C. The van der Waals surface area contributed by atoms with E-state index in [1.165, 1.54) is 6.08 Å². The number of unbranched alkanes of at least 4 members (excludes halogenated alkanes) is 4. The van der Waals surface area contributed by atoms with E-state index in [-0.39, 0.29) is 5.97 Å². The van der Waals surface area contributed by atoms with Gasteiger partial charge in [0.2, 0.25) is 0 Å². The molecule has 5 nitrogen and oxygen atoms in total. The van der Waals surface area contributed by atoms with Gasteiger partial charge in [-0.1, -0.05) is 38.0 Å². The molecule has 0 heterocycles. The fourth-order valence-corrected chi connectivity index (χ4v) is 2.57. The number of carbonyl (C=O) groups is 1. The highest BCUT2D eigenvalue weighted by molar-refractivity contribution is 5.81. The highest BCUT2D eigenvalue weighted by atomic mass is 16.6. The minimum Gasteiger partial charge on any atom is -0.457 e. The van der Waals surface area contributed by atoms with Crippen LogP contribution in [0.1, 0.15) is 79.1 Å². The quantitative estimate of drug-likeness (QED) is 0.130. The van der Waals surface area contributed by atoms with E-state index in [1.54, 1.807) is 12.2 Å². The number of hydrogen-bond acceptors (Lipinski definition) is 5. The summed E-state index contributed by atoms with van der Waals surface area (Å²) in [4.78, 5) is 11.1. The summed E-state index contributed by atoms with van der Waals surface area (Å²) in [6.07, 6.45) is 12.8. The molecule has 0 aromatic carbocycles. The average molecular weight is 427 g/mol.